The highest BCUT2D eigenvalue weighted by atomic mass is 32.2. The molecule has 26 heavy (non-hydrogen) atoms. The van der Waals surface area contributed by atoms with E-state index in [9.17, 15) is 0 Å². The lowest BCUT2D eigenvalue weighted by atomic mass is 9.85. The fraction of sp³-hybridized carbons (Fsp3) is 1.00. The summed E-state index contributed by atoms with van der Waals surface area (Å²) in [5, 5.41) is 0. The number of hydrogen-bond donors (Lipinski definition) is 0. The molecule has 0 N–H and O–H groups in total. The lowest BCUT2D eigenvalue weighted by Crippen LogP contribution is -2.05. The number of thioether (sulfide) groups is 1. The van der Waals surface area contributed by atoms with Crippen molar-refractivity contribution in [2.45, 2.75) is 129 Å². The molecule has 1 aliphatic carbocycles. The molecule has 0 aliphatic heterocycles. The average Bonchev–Trinajstić information content (AvgIpc) is 2.65. The number of unbranched alkanes of at least 4 members (excludes halogenated alkanes) is 9. The van der Waals surface area contributed by atoms with Crippen LogP contribution in [0.4, 0.5) is 0 Å². The predicted octanol–water partition coefficient (Wildman–Crippen LogP) is 8.41. The van der Waals surface area contributed by atoms with Gasteiger partial charge in [0.2, 0.25) is 0 Å². The lowest BCUT2D eigenvalue weighted by molar-refractivity contribution is 0.0800. The van der Waals surface area contributed by atoms with Gasteiger partial charge >= 0.3 is 0 Å². The van der Waals surface area contributed by atoms with Crippen molar-refractivity contribution in [1.82, 2.24) is 0 Å². The van der Waals surface area contributed by atoms with E-state index in [-0.39, 0.29) is 0 Å². The Hall–Kier alpha value is 0.310. The molecule has 2 heteroatoms. The van der Waals surface area contributed by atoms with Crippen molar-refractivity contribution >= 4 is 11.8 Å². The molecule has 1 nitrogen and oxygen atoms in total. The molecule has 0 bridgehead atoms. The summed E-state index contributed by atoms with van der Waals surface area (Å²) in [6.07, 6.45) is 25.4. The molecule has 1 rings (SSSR count). The van der Waals surface area contributed by atoms with E-state index in [1.807, 2.05) is 0 Å². The first-order valence-electron chi connectivity index (χ1n) is 12.0. The van der Waals surface area contributed by atoms with Gasteiger partial charge in [0.1, 0.15) is 0 Å². The molecule has 1 saturated carbocycles. The molecular weight excluding hydrogens is 336 g/mol. The molecule has 0 aromatic carbocycles. The maximum absolute atomic E-state index is 5.57. The summed E-state index contributed by atoms with van der Waals surface area (Å²) in [6.45, 7) is 5.17. The molecule has 0 unspecified atom stereocenters. The van der Waals surface area contributed by atoms with Gasteiger partial charge in [-0.15, -0.1) is 0 Å². The van der Waals surface area contributed by atoms with Crippen LogP contribution < -0.4 is 0 Å². The third-order valence-electron chi connectivity index (χ3n) is 5.76. The Morgan fingerprint density at radius 2 is 1.23 bits per heavy atom. The quantitative estimate of drug-likeness (QED) is 0.219. The normalized spacial score (nSPS) is 15.8. The third-order valence-corrected chi connectivity index (χ3v) is 6.91. The van der Waals surface area contributed by atoms with Crippen molar-refractivity contribution in [1.29, 1.82) is 0 Å². The molecule has 0 amide bonds. The summed E-state index contributed by atoms with van der Waals surface area (Å²) in [5.74, 6) is 3.71. The molecule has 0 spiro atoms. The van der Waals surface area contributed by atoms with Gasteiger partial charge < -0.3 is 4.74 Å². The second kappa shape index (κ2) is 18.7. The second-order valence-corrected chi connectivity index (χ2v) is 9.94. The van der Waals surface area contributed by atoms with Crippen molar-refractivity contribution < 1.29 is 4.74 Å². The molecule has 1 fully saturated rings. The van der Waals surface area contributed by atoms with Crippen LogP contribution in [0.25, 0.3) is 0 Å². The van der Waals surface area contributed by atoms with Crippen LogP contribution in [0, 0.1) is 5.92 Å². The summed E-state index contributed by atoms with van der Waals surface area (Å²) in [4.78, 5) is 0. The van der Waals surface area contributed by atoms with Crippen LogP contribution >= 0.6 is 11.8 Å². The van der Waals surface area contributed by atoms with Crippen LogP contribution in [0.15, 0.2) is 0 Å². The van der Waals surface area contributed by atoms with E-state index in [1.165, 1.54) is 121 Å². The Balaban J connectivity index is 1.66. The van der Waals surface area contributed by atoms with Crippen LogP contribution in [0.3, 0.4) is 0 Å². The zero-order chi connectivity index (χ0) is 18.7. The predicted molar refractivity (Wildman–Crippen MR) is 120 cm³/mol. The summed E-state index contributed by atoms with van der Waals surface area (Å²) >= 11 is 2.11. The van der Waals surface area contributed by atoms with Gasteiger partial charge in [0, 0.05) is 6.61 Å². The standard InChI is InChI=1S/C24H48OS/c1-23(2)25-20-16-22-26-21-15-10-8-6-4-3-5-7-9-12-17-24-18-13-11-14-19-24/h23-24H,3-22H2,1-2H3. The highest BCUT2D eigenvalue weighted by Crippen LogP contribution is 2.28. The summed E-state index contributed by atoms with van der Waals surface area (Å²) in [5.41, 5.74) is 0. The number of hydrogen-bond acceptors (Lipinski definition) is 2. The van der Waals surface area contributed by atoms with Crippen molar-refractivity contribution in [3.8, 4) is 0 Å². The van der Waals surface area contributed by atoms with Gasteiger partial charge in [-0.2, -0.15) is 11.8 Å². The summed E-state index contributed by atoms with van der Waals surface area (Å²) in [7, 11) is 0. The first-order valence-corrected chi connectivity index (χ1v) is 13.1. The van der Waals surface area contributed by atoms with Crippen molar-refractivity contribution in [3.63, 3.8) is 0 Å². The van der Waals surface area contributed by atoms with Crippen LogP contribution in [-0.4, -0.2) is 24.2 Å². The van der Waals surface area contributed by atoms with Crippen molar-refractivity contribution in [2.24, 2.45) is 5.92 Å². The van der Waals surface area contributed by atoms with E-state index in [0.29, 0.717) is 6.10 Å². The minimum Gasteiger partial charge on any atom is -0.379 e. The Kier molecular flexibility index (Phi) is 17.5. The monoisotopic (exact) mass is 384 g/mol. The lowest BCUT2D eigenvalue weighted by Gasteiger charge is -2.21. The zero-order valence-electron chi connectivity index (χ0n) is 18.1. The Labute approximate surface area is 169 Å². The Morgan fingerprint density at radius 3 is 1.85 bits per heavy atom. The van der Waals surface area contributed by atoms with Gasteiger partial charge in [-0.3, -0.25) is 0 Å². The largest absolute Gasteiger partial charge is 0.379 e. The van der Waals surface area contributed by atoms with E-state index in [2.05, 4.69) is 25.6 Å². The van der Waals surface area contributed by atoms with E-state index in [0.717, 1.165) is 12.5 Å². The minimum atomic E-state index is 0.390. The highest BCUT2D eigenvalue weighted by molar-refractivity contribution is 7.99. The van der Waals surface area contributed by atoms with Crippen molar-refractivity contribution in [3.05, 3.63) is 0 Å². The van der Waals surface area contributed by atoms with Crippen LogP contribution in [-0.2, 0) is 4.74 Å². The first kappa shape index (κ1) is 24.3. The average molecular weight is 385 g/mol. The van der Waals surface area contributed by atoms with Crippen LogP contribution in [0.1, 0.15) is 123 Å². The van der Waals surface area contributed by atoms with Gasteiger partial charge in [-0.1, -0.05) is 96.3 Å². The maximum Gasteiger partial charge on any atom is 0.0518 e. The zero-order valence-corrected chi connectivity index (χ0v) is 18.9. The molecule has 0 aromatic rings. The van der Waals surface area contributed by atoms with E-state index in [1.54, 1.807) is 0 Å². The molecule has 1 aliphatic rings. The van der Waals surface area contributed by atoms with Gasteiger partial charge in [0.05, 0.1) is 6.10 Å². The van der Waals surface area contributed by atoms with Gasteiger partial charge in [0.25, 0.3) is 0 Å². The van der Waals surface area contributed by atoms with E-state index >= 15 is 0 Å². The Bertz CT molecular complexity index is 273. The summed E-state index contributed by atoms with van der Waals surface area (Å²) in [6, 6.07) is 0. The van der Waals surface area contributed by atoms with Crippen LogP contribution in [0.2, 0.25) is 0 Å². The Morgan fingerprint density at radius 1 is 0.692 bits per heavy atom. The molecule has 0 saturated heterocycles. The number of rotatable bonds is 18. The van der Waals surface area contributed by atoms with Gasteiger partial charge in [0.15, 0.2) is 0 Å². The van der Waals surface area contributed by atoms with Crippen LogP contribution in [0.5, 0.6) is 0 Å². The minimum absolute atomic E-state index is 0.390. The smallest absolute Gasteiger partial charge is 0.0518 e. The van der Waals surface area contributed by atoms with Gasteiger partial charge in [-0.05, 0) is 44.1 Å². The molecule has 0 aromatic heterocycles. The SMILES string of the molecule is CC(C)OCCCSCCCCCCCCCCCCC1CCCCC1. The maximum atomic E-state index is 5.57. The van der Waals surface area contributed by atoms with E-state index < -0.39 is 0 Å². The molecule has 0 radical (unpaired) electrons. The van der Waals surface area contributed by atoms with Crippen molar-refractivity contribution in [2.75, 3.05) is 18.1 Å². The summed E-state index contributed by atoms with van der Waals surface area (Å²) < 4.78 is 5.57. The topological polar surface area (TPSA) is 9.23 Å². The molecule has 156 valence electrons. The fourth-order valence-electron chi connectivity index (χ4n) is 4.11. The fourth-order valence-corrected chi connectivity index (χ4v) is 5.04. The highest BCUT2D eigenvalue weighted by Gasteiger charge is 2.12. The van der Waals surface area contributed by atoms with Gasteiger partial charge in [-0.25, -0.2) is 0 Å². The molecule has 0 heterocycles. The number of ether oxygens (including phenoxy) is 1. The second-order valence-electron chi connectivity index (χ2n) is 8.71. The molecular formula is C24H48OS. The third kappa shape index (κ3) is 16.5. The van der Waals surface area contributed by atoms with E-state index in [4.69, 9.17) is 4.74 Å². The first-order chi connectivity index (χ1) is 12.8. The molecule has 0 atom stereocenters.